The van der Waals surface area contributed by atoms with Crippen LogP contribution in [0.25, 0.3) is 11.2 Å². The van der Waals surface area contributed by atoms with Gasteiger partial charge in [-0.15, -0.1) is 0 Å². The molecule has 156 valence electrons. The van der Waals surface area contributed by atoms with Gasteiger partial charge in [-0.3, -0.25) is 14.8 Å². The molecular formula is C23H28N6O. The van der Waals surface area contributed by atoms with Crippen molar-refractivity contribution >= 4 is 17.1 Å². The van der Waals surface area contributed by atoms with Crippen LogP contribution in [0.4, 0.5) is 0 Å². The molecule has 1 atom stereocenters. The van der Waals surface area contributed by atoms with Gasteiger partial charge in [0.2, 0.25) is 0 Å². The minimum atomic E-state index is 0.110. The zero-order chi connectivity index (χ0) is 20.3. The Bertz CT molecular complexity index is 1010. The maximum Gasteiger partial charge on any atom is 0.253 e. The molecule has 2 fully saturated rings. The summed E-state index contributed by atoms with van der Waals surface area (Å²) in [5.74, 6) is 0.321. The summed E-state index contributed by atoms with van der Waals surface area (Å²) in [5, 5.41) is 7.38. The van der Waals surface area contributed by atoms with Gasteiger partial charge >= 0.3 is 0 Å². The van der Waals surface area contributed by atoms with Crippen LogP contribution in [0, 0.1) is 0 Å². The van der Waals surface area contributed by atoms with E-state index in [-0.39, 0.29) is 11.8 Å². The molecular weight excluding hydrogens is 376 g/mol. The predicted molar refractivity (Wildman–Crippen MR) is 115 cm³/mol. The maximum atomic E-state index is 13.1. The van der Waals surface area contributed by atoms with E-state index in [0.29, 0.717) is 12.2 Å². The highest BCUT2D eigenvalue weighted by atomic mass is 16.2. The lowest BCUT2D eigenvalue weighted by Gasteiger charge is -2.32. The summed E-state index contributed by atoms with van der Waals surface area (Å²) in [6.07, 6.45) is 9.28. The topological polar surface area (TPSA) is 78.0 Å². The van der Waals surface area contributed by atoms with Gasteiger partial charge in [0.1, 0.15) is 5.52 Å². The first-order valence-electron chi connectivity index (χ1n) is 11.0. The highest BCUT2D eigenvalue weighted by molar-refractivity contribution is 5.94. The molecule has 2 aromatic heterocycles. The Labute approximate surface area is 176 Å². The van der Waals surface area contributed by atoms with E-state index in [2.05, 4.69) is 37.2 Å². The van der Waals surface area contributed by atoms with Gasteiger partial charge in [0.25, 0.3) is 5.91 Å². The Morgan fingerprint density at radius 3 is 2.63 bits per heavy atom. The molecule has 30 heavy (non-hydrogen) atoms. The summed E-state index contributed by atoms with van der Waals surface area (Å²) in [6, 6.07) is 8.20. The summed E-state index contributed by atoms with van der Waals surface area (Å²) in [6.45, 7) is 4.82. The smallest absolute Gasteiger partial charge is 0.253 e. The number of carbonyl (C=O) groups is 1. The van der Waals surface area contributed by atoms with Gasteiger partial charge in [0.15, 0.2) is 5.65 Å². The minimum absolute atomic E-state index is 0.110. The lowest BCUT2D eigenvalue weighted by atomic mass is 9.93. The number of H-pyrrole nitrogens is 1. The standard InChI is InChI=1S/C23H28N6O/c30-23(18-8-6-17(7-9-18)15-28-12-2-1-3-13-28)29-14-4-5-19(16-29)20-21-22(27-26-20)25-11-10-24-21/h6-11,19H,1-5,12-16H2,(H,25,26,27)/t19-/m0/s1. The van der Waals surface area contributed by atoms with Gasteiger partial charge in [-0.1, -0.05) is 18.6 Å². The minimum Gasteiger partial charge on any atom is -0.338 e. The molecule has 1 amide bonds. The van der Waals surface area contributed by atoms with Gasteiger partial charge in [0, 0.05) is 43.5 Å². The molecule has 1 N–H and O–H groups in total. The van der Waals surface area contributed by atoms with Crippen molar-refractivity contribution in [1.29, 1.82) is 0 Å². The SMILES string of the molecule is O=C(c1ccc(CN2CCCCC2)cc1)N1CCC[C@H](c2[nH]nc3nccnc23)C1. The summed E-state index contributed by atoms with van der Waals surface area (Å²) in [5.41, 5.74) is 4.51. The van der Waals surface area contributed by atoms with E-state index in [1.165, 1.54) is 37.9 Å². The van der Waals surface area contributed by atoms with Crippen LogP contribution in [-0.2, 0) is 6.54 Å². The van der Waals surface area contributed by atoms with Gasteiger partial charge in [-0.25, -0.2) is 9.97 Å². The number of amides is 1. The summed E-state index contributed by atoms with van der Waals surface area (Å²) in [4.78, 5) is 26.3. The fraction of sp³-hybridized carbons (Fsp3) is 0.478. The predicted octanol–water partition coefficient (Wildman–Crippen LogP) is 3.36. The molecule has 0 radical (unpaired) electrons. The van der Waals surface area contributed by atoms with Crippen molar-refractivity contribution in [3.05, 3.63) is 53.5 Å². The Balaban J connectivity index is 1.26. The van der Waals surface area contributed by atoms with E-state index >= 15 is 0 Å². The average Bonchev–Trinajstić information content (AvgIpc) is 3.24. The number of piperidine rings is 2. The third kappa shape index (κ3) is 3.94. The zero-order valence-electron chi connectivity index (χ0n) is 17.3. The third-order valence-electron chi connectivity index (χ3n) is 6.39. The van der Waals surface area contributed by atoms with Crippen molar-refractivity contribution < 1.29 is 4.79 Å². The van der Waals surface area contributed by atoms with Crippen LogP contribution >= 0.6 is 0 Å². The molecule has 7 heteroatoms. The van der Waals surface area contributed by atoms with E-state index in [4.69, 9.17) is 0 Å². The van der Waals surface area contributed by atoms with E-state index in [1.807, 2.05) is 17.0 Å². The average molecular weight is 405 g/mol. The second-order valence-electron chi connectivity index (χ2n) is 8.49. The number of fused-ring (bicyclic) bond motifs is 1. The van der Waals surface area contributed by atoms with Gasteiger partial charge in [-0.2, -0.15) is 5.10 Å². The third-order valence-corrected chi connectivity index (χ3v) is 6.39. The van der Waals surface area contributed by atoms with E-state index < -0.39 is 0 Å². The molecule has 2 aliphatic heterocycles. The van der Waals surface area contributed by atoms with E-state index in [0.717, 1.165) is 42.7 Å². The molecule has 0 spiro atoms. The largest absolute Gasteiger partial charge is 0.338 e. The molecule has 0 aliphatic carbocycles. The summed E-state index contributed by atoms with van der Waals surface area (Å²) < 4.78 is 0. The van der Waals surface area contributed by atoms with Crippen LogP contribution in [0.1, 0.15) is 59.6 Å². The highest BCUT2D eigenvalue weighted by Gasteiger charge is 2.28. The molecule has 4 heterocycles. The summed E-state index contributed by atoms with van der Waals surface area (Å²) in [7, 11) is 0. The van der Waals surface area contributed by atoms with Crippen molar-refractivity contribution in [2.75, 3.05) is 26.2 Å². The molecule has 2 saturated heterocycles. The van der Waals surface area contributed by atoms with Crippen molar-refractivity contribution in [2.45, 2.75) is 44.6 Å². The molecule has 0 saturated carbocycles. The second kappa shape index (κ2) is 8.52. The first-order valence-corrected chi connectivity index (χ1v) is 11.0. The molecule has 2 aliphatic rings. The Kier molecular flexibility index (Phi) is 5.45. The number of rotatable bonds is 4. The number of aromatic amines is 1. The molecule has 0 bridgehead atoms. The zero-order valence-corrected chi connectivity index (χ0v) is 17.3. The van der Waals surface area contributed by atoms with Crippen molar-refractivity contribution in [3.63, 3.8) is 0 Å². The lowest BCUT2D eigenvalue weighted by Crippen LogP contribution is -2.39. The van der Waals surface area contributed by atoms with Crippen molar-refractivity contribution in [2.24, 2.45) is 0 Å². The first kappa shape index (κ1) is 19.2. The fourth-order valence-corrected chi connectivity index (χ4v) is 4.76. The fourth-order valence-electron chi connectivity index (χ4n) is 4.76. The van der Waals surface area contributed by atoms with Crippen LogP contribution in [0.15, 0.2) is 36.7 Å². The lowest BCUT2D eigenvalue weighted by molar-refractivity contribution is 0.0706. The monoisotopic (exact) mass is 404 g/mol. The van der Waals surface area contributed by atoms with Crippen molar-refractivity contribution in [3.8, 4) is 0 Å². The van der Waals surface area contributed by atoms with Crippen LogP contribution in [0.2, 0.25) is 0 Å². The van der Waals surface area contributed by atoms with E-state index in [9.17, 15) is 4.79 Å². The summed E-state index contributed by atoms with van der Waals surface area (Å²) >= 11 is 0. The number of carbonyl (C=O) groups excluding carboxylic acids is 1. The van der Waals surface area contributed by atoms with Crippen molar-refractivity contribution in [1.82, 2.24) is 30.0 Å². The number of likely N-dealkylation sites (tertiary alicyclic amines) is 2. The Morgan fingerprint density at radius 1 is 1.00 bits per heavy atom. The second-order valence-corrected chi connectivity index (χ2v) is 8.49. The van der Waals surface area contributed by atoms with Crippen LogP contribution in [-0.4, -0.2) is 62.1 Å². The molecule has 7 nitrogen and oxygen atoms in total. The van der Waals surface area contributed by atoms with Crippen LogP contribution in [0.3, 0.4) is 0 Å². The normalized spacial score (nSPS) is 20.5. The van der Waals surface area contributed by atoms with E-state index in [1.54, 1.807) is 12.4 Å². The van der Waals surface area contributed by atoms with Gasteiger partial charge in [0.05, 0.1) is 5.69 Å². The number of nitrogens with zero attached hydrogens (tertiary/aromatic N) is 5. The first-order chi connectivity index (χ1) is 14.8. The number of aromatic nitrogens is 4. The molecule has 0 unspecified atom stereocenters. The van der Waals surface area contributed by atoms with Gasteiger partial charge in [-0.05, 0) is 56.5 Å². The molecule has 5 rings (SSSR count). The maximum absolute atomic E-state index is 13.1. The number of nitrogens with one attached hydrogen (secondary N) is 1. The Morgan fingerprint density at radius 2 is 1.80 bits per heavy atom. The quantitative estimate of drug-likeness (QED) is 0.721. The number of hydrogen-bond acceptors (Lipinski definition) is 5. The number of hydrogen-bond donors (Lipinski definition) is 1. The number of benzene rings is 1. The molecule has 3 aromatic rings. The van der Waals surface area contributed by atoms with Crippen LogP contribution < -0.4 is 0 Å². The van der Waals surface area contributed by atoms with Gasteiger partial charge < -0.3 is 4.90 Å². The van der Waals surface area contributed by atoms with Crippen LogP contribution in [0.5, 0.6) is 0 Å². The Hall–Kier alpha value is -2.80. The highest BCUT2D eigenvalue weighted by Crippen LogP contribution is 2.29. The molecule has 1 aromatic carbocycles.